The number of halogens is 4. The molecule has 0 radical (unpaired) electrons. The lowest BCUT2D eigenvalue weighted by Gasteiger charge is -2.36. The van der Waals surface area contributed by atoms with Gasteiger partial charge in [0, 0.05) is 41.5 Å². The molecule has 3 aromatic rings. The van der Waals surface area contributed by atoms with Crippen LogP contribution in [0, 0.1) is 5.92 Å². The van der Waals surface area contributed by atoms with E-state index in [0.717, 1.165) is 0 Å². The van der Waals surface area contributed by atoms with Crippen LogP contribution in [0.5, 0.6) is 5.88 Å². The Morgan fingerprint density at radius 2 is 2.00 bits per heavy atom. The highest BCUT2D eigenvalue weighted by Crippen LogP contribution is 2.43. The summed E-state index contributed by atoms with van der Waals surface area (Å²) >= 11 is 3.43. The maximum absolute atomic E-state index is 14.7. The van der Waals surface area contributed by atoms with Crippen molar-refractivity contribution in [1.82, 2.24) is 29.8 Å². The van der Waals surface area contributed by atoms with Gasteiger partial charge in [-0.3, -0.25) is 9.59 Å². The Hall–Kier alpha value is -3.42. The van der Waals surface area contributed by atoms with Gasteiger partial charge in [-0.25, -0.2) is 27.7 Å². The second-order valence-corrected chi connectivity index (χ2v) is 9.72. The van der Waals surface area contributed by atoms with Crippen molar-refractivity contribution in [1.29, 1.82) is 0 Å². The van der Waals surface area contributed by atoms with Crippen LogP contribution in [-0.2, 0) is 4.79 Å². The first-order valence-corrected chi connectivity index (χ1v) is 11.8. The summed E-state index contributed by atoms with van der Waals surface area (Å²) in [6.07, 6.45) is 0.165. The largest absolute Gasteiger partial charge is 0.480 e. The van der Waals surface area contributed by atoms with Gasteiger partial charge in [0.1, 0.15) is 23.6 Å². The lowest BCUT2D eigenvalue weighted by atomic mass is 9.80. The molecule has 2 fully saturated rings. The summed E-state index contributed by atoms with van der Waals surface area (Å²) in [7, 11) is 1.35. The van der Waals surface area contributed by atoms with Crippen molar-refractivity contribution in [2.24, 2.45) is 5.92 Å². The molecule has 2 aliphatic rings. The molecule has 3 N–H and O–H groups in total. The van der Waals surface area contributed by atoms with Gasteiger partial charge in [-0.15, -0.1) is 0 Å². The minimum absolute atomic E-state index is 0.0170. The minimum Gasteiger partial charge on any atom is -0.480 e. The highest BCUT2D eigenvalue weighted by Gasteiger charge is 2.51. The van der Waals surface area contributed by atoms with Crippen molar-refractivity contribution in [2.45, 2.75) is 31.0 Å². The van der Waals surface area contributed by atoms with E-state index >= 15 is 0 Å². The summed E-state index contributed by atoms with van der Waals surface area (Å²) in [4.78, 5) is 35.0. The third-order valence-electron chi connectivity index (χ3n) is 6.44. The first-order valence-electron chi connectivity index (χ1n) is 11.0. The van der Waals surface area contributed by atoms with Crippen LogP contribution in [0.15, 0.2) is 29.1 Å². The predicted octanol–water partition coefficient (Wildman–Crippen LogP) is 2.47. The molecule has 0 aromatic carbocycles. The fourth-order valence-corrected chi connectivity index (χ4v) is 5.15. The fraction of sp³-hybridized carbons (Fsp3) is 0.409. The normalized spacial score (nSPS) is 21.4. The number of nitrogens with one attached hydrogen (secondary N) is 1. The van der Waals surface area contributed by atoms with Gasteiger partial charge in [0.2, 0.25) is 17.7 Å². The quantitative estimate of drug-likeness (QED) is 0.484. The van der Waals surface area contributed by atoms with Crippen LogP contribution in [0.3, 0.4) is 0 Å². The molecule has 3 aromatic heterocycles. The van der Waals surface area contributed by atoms with Crippen molar-refractivity contribution in [3.63, 3.8) is 0 Å². The summed E-state index contributed by atoms with van der Waals surface area (Å²) in [5, 5.41) is 6.80. The van der Waals surface area contributed by atoms with Crippen LogP contribution in [-0.4, -0.2) is 74.6 Å². The SMILES string of the molecule is COc1ncc(-c2cc(Br)c3c(N)ncnn23)cc1C(=O)N[C@@H]1CN(C(=O)C2CC(F)(F)C2)C[C@@H]1F. The van der Waals surface area contributed by atoms with Crippen LogP contribution < -0.4 is 15.8 Å². The number of alkyl halides is 3. The number of amides is 2. The number of anilines is 1. The van der Waals surface area contributed by atoms with Crippen molar-refractivity contribution in [3.8, 4) is 17.1 Å². The van der Waals surface area contributed by atoms with Crippen molar-refractivity contribution >= 4 is 39.1 Å². The topological polar surface area (TPSA) is 128 Å². The van der Waals surface area contributed by atoms with Crippen molar-refractivity contribution in [3.05, 3.63) is 34.7 Å². The van der Waals surface area contributed by atoms with E-state index in [4.69, 9.17) is 10.5 Å². The number of hydrogen-bond donors (Lipinski definition) is 2. The third-order valence-corrected chi connectivity index (χ3v) is 7.04. The lowest BCUT2D eigenvalue weighted by Crippen LogP contribution is -2.47. The highest BCUT2D eigenvalue weighted by atomic mass is 79.9. The Kier molecular flexibility index (Phi) is 6.01. The number of hydrogen-bond acceptors (Lipinski definition) is 7. The number of carbonyl (C=O) groups is 2. The number of likely N-dealkylation sites (tertiary alicyclic amines) is 1. The molecular formula is C22H21BrF3N7O3. The van der Waals surface area contributed by atoms with Crippen LogP contribution in [0.2, 0.25) is 0 Å². The van der Waals surface area contributed by atoms with Gasteiger partial charge in [0.15, 0.2) is 5.82 Å². The molecule has 0 bridgehead atoms. The summed E-state index contributed by atoms with van der Waals surface area (Å²) in [5.41, 5.74) is 7.60. The van der Waals surface area contributed by atoms with E-state index in [2.05, 4.69) is 36.3 Å². The summed E-state index contributed by atoms with van der Waals surface area (Å²) in [6, 6.07) is 2.26. The maximum Gasteiger partial charge on any atom is 0.257 e. The van der Waals surface area contributed by atoms with Crippen LogP contribution in [0.25, 0.3) is 16.8 Å². The Morgan fingerprint density at radius 3 is 2.69 bits per heavy atom. The summed E-state index contributed by atoms with van der Waals surface area (Å²) in [6.45, 7) is -0.387. The number of methoxy groups -OCH3 is 1. The molecule has 0 unspecified atom stereocenters. The predicted molar refractivity (Wildman–Crippen MR) is 125 cm³/mol. The van der Waals surface area contributed by atoms with Crippen molar-refractivity contribution < 1.29 is 27.5 Å². The number of pyridine rings is 1. The van der Waals surface area contributed by atoms with E-state index in [0.29, 0.717) is 21.2 Å². The number of carbonyl (C=O) groups excluding carboxylic acids is 2. The Morgan fingerprint density at radius 1 is 1.25 bits per heavy atom. The second kappa shape index (κ2) is 8.91. The minimum atomic E-state index is -2.85. The average Bonchev–Trinajstić information content (AvgIpc) is 3.36. The van der Waals surface area contributed by atoms with Gasteiger partial charge >= 0.3 is 0 Å². The molecule has 5 rings (SSSR count). The number of nitrogen functional groups attached to an aromatic ring is 1. The number of nitrogens with zero attached hydrogens (tertiary/aromatic N) is 5. The first kappa shape index (κ1) is 24.3. The average molecular weight is 568 g/mol. The summed E-state index contributed by atoms with van der Waals surface area (Å²) in [5.74, 6) is -4.58. The van der Waals surface area contributed by atoms with Gasteiger partial charge in [-0.05, 0) is 28.1 Å². The highest BCUT2D eigenvalue weighted by molar-refractivity contribution is 9.10. The fourth-order valence-electron chi connectivity index (χ4n) is 4.57. The second-order valence-electron chi connectivity index (χ2n) is 8.86. The number of ether oxygens (including phenoxy) is 1. The summed E-state index contributed by atoms with van der Waals surface area (Å²) < 4.78 is 48.4. The van der Waals surface area contributed by atoms with Gasteiger partial charge in [0.05, 0.1) is 25.4 Å². The monoisotopic (exact) mass is 567 g/mol. The van der Waals surface area contributed by atoms with E-state index in [1.54, 1.807) is 10.6 Å². The molecule has 10 nitrogen and oxygen atoms in total. The molecule has 0 spiro atoms. The molecule has 1 aliphatic carbocycles. The number of rotatable bonds is 5. The van der Waals surface area contributed by atoms with Gasteiger partial charge < -0.3 is 20.7 Å². The van der Waals surface area contributed by atoms with Gasteiger partial charge in [-0.1, -0.05) is 0 Å². The van der Waals surface area contributed by atoms with E-state index in [1.165, 1.54) is 30.6 Å². The smallest absolute Gasteiger partial charge is 0.257 e. The molecule has 2 amide bonds. The molecule has 14 heteroatoms. The van der Waals surface area contributed by atoms with Crippen LogP contribution in [0.1, 0.15) is 23.2 Å². The van der Waals surface area contributed by atoms with Crippen molar-refractivity contribution in [2.75, 3.05) is 25.9 Å². The lowest BCUT2D eigenvalue weighted by molar-refractivity contribution is -0.159. The maximum atomic E-state index is 14.7. The zero-order valence-electron chi connectivity index (χ0n) is 18.9. The zero-order chi connectivity index (χ0) is 25.8. The van der Waals surface area contributed by atoms with Gasteiger partial charge in [-0.2, -0.15) is 5.10 Å². The van der Waals surface area contributed by atoms with E-state index in [9.17, 15) is 22.8 Å². The zero-order valence-corrected chi connectivity index (χ0v) is 20.5. The van der Waals surface area contributed by atoms with E-state index < -0.39 is 48.7 Å². The molecule has 1 aliphatic heterocycles. The molecule has 190 valence electrons. The Labute approximate surface area is 211 Å². The molecular weight excluding hydrogens is 547 g/mol. The van der Waals surface area contributed by atoms with Crippen LogP contribution >= 0.6 is 15.9 Å². The molecule has 2 atom stereocenters. The third kappa shape index (κ3) is 4.22. The Balaban J connectivity index is 1.37. The standard InChI is InChI=1S/C22H21BrF3N7O3/c1-36-20-12(2-10(6-28-20)16-3-13(23)17-18(27)29-9-30-33(16)17)19(34)31-15-8-32(7-14(15)24)21(35)11-4-22(25,26)5-11/h2-3,6,9,11,14-15H,4-5,7-8H2,1H3,(H,31,34)(H2,27,29,30)/t14-,15+/m0/s1. The molecule has 4 heterocycles. The molecule has 36 heavy (non-hydrogen) atoms. The number of aromatic nitrogens is 4. The van der Waals surface area contributed by atoms with E-state index in [1.807, 2.05) is 0 Å². The van der Waals surface area contributed by atoms with Crippen LogP contribution in [0.4, 0.5) is 19.0 Å². The number of nitrogens with two attached hydrogens (primary N) is 1. The Bertz CT molecular complexity index is 1360. The van der Waals surface area contributed by atoms with E-state index in [-0.39, 0.29) is 30.4 Å². The van der Waals surface area contributed by atoms with Gasteiger partial charge in [0.25, 0.3) is 5.91 Å². The molecule has 1 saturated carbocycles. The molecule has 1 saturated heterocycles. The first-order chi connectivity index (χ1) is 17.1. The number of fused-ring (bicyclic) bond motifs is 1.